The Kier molecular flexibility index (Phi) is 7.12. The number of carbonyl (C=O) groups is 1. The first-order valence-electron chi connectivity index (χ1n) is 10.6. The Morgan fingerprint density at radius 3 is 2.68 bits per heavy atom. The Morgan fingerprint density at radius 2 is 2.00 bits per heavy atom. The van der Waals surface area contributed by atoms with Gasteiger partial charge in [-0.3, -0.25) is 9.69 Å². The van der Waals surface area contributed by atoms with Gasteiger partial charge in [-0.1, -0.05) is 33.1 Å². The summed E-state index contributed by atoms with van der Waals surface area (Å²) in [5, 5.41) is 12.3. The van der Waals surface area contributed by atoms with Crippen LogP contribution in [0, 0.1) is 5.41 Å². The number of imidazole rings is 1. The number of aliphatic hydroxyl groups excluding tert-OH is 1. The Morgan fingerprint density at radius 1 is 1.29 bits per heavy atom. The monoisotopic (exact) mass is 392 g/mol. The van der Waals surface area contributed by atoms with Gasteiger partial charge in [0.25, 0.3) is 0 Å². The van der Waals surface area contributed by atoms with Crippen LogP contribution in [0.1, 0.15) is 51.8 Å². The second-order valence-corrected chi connectivity index (χ2v) is 9.13. The van der Waals surface area contributed by atoms with Gasteiger partial charge in [0.2, 0.25) is 5.91 Å². The van der Waals surface area contributed by atoms with E-state index in [9.17, 15) is 9.90 Å². The summed E-state index contributed by atoms with van der Waals surface area (Å²) >= 11 is 0. The number of ether oxygens (including phenoxy) is 1. The van der Waals surface area contributed by atoms with Crippen LogP contribution in [0.5, 0.6) is 0 Å². The lowest BCUT2D eigenvalue weighted by Gasteiger charge is -2.48. The van der Waals surface area contributed by atoms with E-state index in [2.05, 4.69) is 19.8 Å². The van der Waals surface area contributed by atoms with Gasteiger partial charge in [-0.05, 0) is 12.8 Å². The molecule has 28 heavy (non-hydrogen) atoms. The highest BCUT2D eigenvalue weighted by molar-refractivity contribution is 5.77. The molecule has 158 valence electrons. The minimum absolute atomic E-state index is 0.0435. The fourth-order valence-corrected chi connectivity index (χ4v) is 4.39. The number of hydrogen-bond acceptors (Lipinski definition) is 5. The lowest BCUT2D eigenvalue weighted by Crippen LogP contribution is -2.56. The molecule has 0 spiro atoms. The number of morpholine rings is 1. The van der Waals surface area contributed by atoms with E-state index < -0.39 is 0 Å². The molecule has 7 nitrogen and oxygen atoms in total. The molecule has 0 atom stereocenters. The Bertz CT molecular complexity index is 631. The normalized spacial score (nSPS) is 20.8. The molecule has 0 bridgehead atoms. The molecule has 1 amide bonds. The van der Waals surface area contributed by atoms with Gasteiger partial charge in [0, 0.05) is 56.1 Å². The lowest BCUT2D eigenvalue weighted by atomic mass is 9.79. The van der Waals surface area contributed by atoms with Crippen LogP contribution < -0.4 is 5.32 Å². The van der Waals surface area contributed by atoms with Gasteiger partial charge < -0.3 is 19.7 Å². The largest absolute Gasteiger partial charge is 0.396 e. The molecular weight excluding hydrogens is 356 g/mol. The molecule has 1 saturated heterocycles. The predicted octanol–water partition coefficient (Wildman–Crippen LogP) is 1.60. The molecule has 1 aliphatic heterocycles. The molecule has 2 N–H and O–H groups in total. The summed E-state index contributed by atoms with van der Waals surface area (Å²) in [5.74, 6) is 0.774. The second kappa shape index (κ2) is 9.37. The minimum Gasteiger partial charge on any atom is -0.396 e. The zero-order chi connectivity index (χ0) is 20.0. The van der Waals surface area contributed by atoms with Crippen molar-refractivity contribution in [2.75, 3.05) is 39.5 Å². The summed E-state index contributed by atoms with van der Waals surface area (Å²) in [6.07, 6.45) is 10.3. The number of nitrogens with one attached hydrogen (secondary N) is 1. The number of hydrogen-bond donors (Lipinski definition) is 2. The average Bonchev–Trinajstić information content (AvgIpc) is 3.14. The molecule has 2 aliphatic rings. The van der Waals surface area contributed by atoms with Gasteiger partial charge in [-0.2, -0.15) is 0 Å². The quantitative estimate of drug-likeness (QED) is 0.702. The van der Waals surface area contributed by atoms with Crippen LogP contribution >= 0.6 is 0 Å². The van der Waals surface area contributed by atoms with Crippen LogP contribution in [0.4, 0.5) is 0 Å². The van der Waals surface area contributed by atoms with Crippen LogP contribution in [0.2, 0.25) is 0 Å². The molecule has 2 fully saturated rings. The molecule has 1 aromatic heterocycles. The molecule has 1 aliphatic carbocycles. The van der Waals surface area contributed by atoms with Crippen molar-refractivity contribution in [2.45, 2.75) is 64.5 Å². The summed E-state index contributed by atoms with van der Waals surface area (Å²) in [5.41, 5.74) is -0.166. The fraction of sp³-hybridized carbons (Fsp3) is 0.810. The molecule has 3 rings (SSSR count). The number of nitrogens with zero attached hydrogens (tertiary/aromatic N) is 3. The van der Waals surface area contributed by atoms with Crippen molar-refractivity contribution in [3.8, 4) is 0 Å². The van der Waals surface area contributed by atoms with Crippen molar-refractivity contribution >= 4 is 5.91 Å². The maximum atomic E-state index is 12.4. The van der Waals surface area contributed by atoms with Crippen molar-refractivity contribution in [1.82, 2.24) is 19.8 Å². The van der Waals surface area contributed by atoms with E-state index >= 15 is 0 Å². The molecule has 0 unspecified atom stereocenters. The van der Waals surface area contributed by atoms with Gasteiger partial charge >= 0.3 is 0 Å². The van der Waals surface area contributed by atoms with E-state index in [1.54, 1.807) is 6.20 Å². The number of carbonyl (C=O) groups excluding carboxylic acids is 1. The summed E-state index contributed by atoms with van der Waals surface area (Å²) in [4.78, 5) is 19.5. The maximum absolute atomic E-state index is 12.4. The fourth-order valence-electron chi connectivity index (χ4n) is 4.39. The van der Waals surface area contributed by atoms with Crippen molar-refractivity contribution in [2.24, 2.45) is 5.41 Å². The van der Waals surface area contributed by atoms with Crippen molar-refractivity contribution < 1.29 is 14.6 Å². The summed E-state index contributed by atoms with van der Waals surface area (Å²) in [6.45, 7) is 8.85. The summed E-state index contributed by atoms with van der Waals surface area (Å²) < 4.78 is 7.76. The molecule has 7 heteroatoms. The third-order valence-corrected chi connectivity index (χ3v) is 6.24. The van der Waals surface area contributed by atoms with Crippen molar-refractivity contribution in [3.05, 3.63) is 18.2 Å². The van der Waals surface area contributed by atoms with Crippen molar-refractivity contribution in [3.63, 3.8) is 0 Å². The maximum Gasteiger partial charge on any atom is 0.227 e. The highest BCUT2D eigenvalue weighted by Gasteiger charge is 2.39. The standard InChI is InChI=1S/C21H36N4O3/c1-20(2,17-26)15-23-19(27)14-18-22-8-9-24(18)16-21(6-4-3-5-7-21)25-10-12-28-13-11-25/h8-9,26H,3-7,10-17H2,1-2H3,(H,23,27). The summed E-state index contributed by atoms with van der Waals surface area (Å²) in [7, 11) is 0. The number of rotatable bonds is 8. The van der Waals surface area contributed by atoms with Crippen LogP contribution in [-0.2, 0) is 22.5 Å². The highest BCUT2D eigenvalue weighted by Crippen LogP contribution is 2.36. The zero-order valence-electron chi connectivity index (χ0n) is 17.5. The van der Waals surface area contributed by atoms with Crippen LogP contribution in [0.15, 0.2) is 12.4 Å². The van der Waals surface area contributed by atoms with E-state index in [0.717, 1.165) is 38.7 Å². The minimum atomic E-state index is -0.312. The first kappa shape index (κ1) is 21.3. The number of amides is 1. The molecule has 0 aromatic carbocycles. The first-order chi connectivity index (χ1) is 13.4. The molecule has 2 heterocycles. The lowest BCUT2D eigenvalue weighted by molar-refractivity contribution is -0.121. The average molecular weight is 393 g/mol. The summed E-state index contributed by atoms with van der Waals surface area (Å²) in [6, 6.07) is 0. The topological polar surface area (TPSA) is 79.6 Å². The van der Waals surface area contributed by atoms with Gasteiger partial charge in [0.05, 0.1) is 19.6 Å². The van der Waals surface area contributed by atoms with Gasteiger partial charge in [0.15, 0.2) is 0 Å². The molecule has 1 aromatic rings. The van der Waals surface area contributed by atoms with Crippen LogP contribution in [0.25, 0.3) is 0 Å². The molecular formula is C21H36N4O3. The number of aliphatic hydroxyl groups is 1. The smallest absolute Gasteiger partial charge is 0.227 e. The first-order valence-corrected chi connectivity index (χ1v) is 10.6. The second-order valence-electron chi connectivity index (χ2n) is 9.13. The predicted molar refractivity (Wildman–Crippen MR) is 108 cm³/mol. The van der Waals surface area contributed by atoms with Crippen LogP contribution in [0.3, 0.4) is 0 Å². The van der Waals surface area contributed by atoms with E-state index in [0.29, 0.717) is 6.54 Å². The van der Waals surface area contributed by atoms with Gasteiger partial charge in [0.1, 0.15) is 5.82 Å². The zero-order valence-corrected chi connectivity index (χ0v) is 17.5. The molecule has 0 radical (unpaired) electrons. The highest BCUT2D eigenvalue weighted by atomic mass is 16.5. The van der Waals surface area contributed by atoms with E-state index in [1.807, 2.05) is 20.0 Å². The van der Waals surface area contributed by atoms with E-state index in [-0.39, 0.29) is 29.9 Å². The molecule has 1 saturated carbocycles. The third kappa shape index (κ3) is 5.33. The third-order valence-electron chi connectivity index (χ3n) is 6.24. The van der Waals surface area contributed by atoms with Gasteiger partial charge in [-0.25, -0.2) is 4.98 Å². The SMILES string of the molecule is CC(C)(CO)CNC(=O)Cc1nccn1CC1(N2CCOCC2)CCCCC1. The van der Waals surface area contributed by atoms with Crippen molar-refractivity contribution in [1.29, 1.82) is 0 Å². The van der Waals surface area contributed by atoms with E-state index in [4.69, 9.17) is 4.74 Å². The Hall–Kier alpha value is -1.44. The van der Waals surface area contributed by atoms with Gasteiger partial charge in [-0.15, -0.1) is 0 Å². The van der Waals surface area contributed by atoms with Crippen LogP contribution in [-0.4, -0.2) is 70.5 Å². The van der Waals surface area contributed by atoms with E-state index in [1.165, 1.54) is 32.1 Å². The Balaban J connectivity index is 1.66. The number of aromatic nitrogens is 2. The Labute approximate surface area is 168 Å².